The molecule has 1 aliphatic carbocycles. The molecule has 21 heavy (non-hydrogen) atoms. The Labute approximate surface area is 125 Å². The summed E-state index contributed by atoms with van der Waals surface area (Å²) in [6.07, 6.45) is 4.10. The second-order valence-corrected chi connectivity index (χ2v) is 7.37. The first-order valence-corrected chi connectivity index (χ1v) is 8.88. The maximum absolute atomic E-state index is 12.3. The van der Waals surface area contributed by atoms with Crippen molar-refractivity contribution in [1.29, 1.82) is 0 Å². The molecule has 1 saturated carbocycles. The fourth-order valence-corrected chi connectivity index (χ4v) is 4.41. The van der Waals surface area contributed by atoms with Crippen LogP contribution in [0.15, 0.2) is 30.3 Å². The number of nitrogens with one attached hydrogen (secondary N) is 1. The Morgan fingerprint density at radius 3 is 2.19 bits per heavy atom. The van der Waals surface area contributed by atoms with Crippen LogP contribution in [0.4, 0.5) is 0 Å². The van der Waals surface area contributed by atoms with Crippen molar-refractivity contribution < 1.29 is 18.3 Å². The molecule has 0 saturated heterocycles. The van der Waals surface area contributed by atoms with E-state index < -0.39 is 21.5 Å². The van der Waals surface area contributed by atoms with Gasteiger partial charge in [0.25, 0.3) is 0 Å². The summed E-state index contributed by atoms with van der Waals surface area (Å²) in [5, 5.41) is 9.52. The SMILES string of the molecule is O=C(O)C1(NS(=O)(=O)Cc2ccccc2)CCCCCC1. The van der Waals surface area contributed by atoms with Gasteiger partial charge in [-0.05, 0) is 18.4 Å². The molecule has 0 aliphatic heterocycles. The Morgan fingerprint density at radius 1 is 1.10 bits per heavy atom. The standard InChI is InChI=1S/C15H21NO4S/c17-14(18)15(10-6-1-2-7-11-15)16-21(19,20)12-13-8-4-3-5-9-13/h3-5,8-9,16H,1-2,6-7,10-12H2,(H,17,18). The molecular weight excluding hydrogens is 290 g/mol. The second kappa shape index (κ2) is 6.58. The average Bonchev–Trinajstić information content (AvgIpc) is 2.65. The normalized spacial score (nSPS) is 18.9. The predicted molar refractivity (Wildman–Crippen MR) is 80.3 cm³/mol. The van der Waals surface area contributed by atoms with Gasteiger partial charge in [-0.2, -0.15) is 4.72 Å². The number of sulfonamides is 1. The van der Waals surface area contributed by atoms with E-state index in [1.54, 1.807) is 24.3 Å². The molecule has 0 bridgehead atoms. The summed E-state index contributed by atoms with van der Waals surface area (Å²) in [6, 6.07) is 8.79. The zero-order valence-corrected chi connectivity index (χ0v) is 12.7. The lowest BCUT2D eigenvalue weighted by Crippen LogP contribution is -2.54. The van der Waals surface area contributed by atoms with Gasteiger partial charge in [0.05, 0.1) is 5.75 Å². The largest absolute Gasteiger partial charge is 0.480 e. The molecule has 0 heterocycles. The molecule has 0 radical (unpaired) electrons. The summed E-state index contributed by atoms with van der Waals surface area (Å²) in [5.74, 6) is -1.26. The molecule has 2 N–H and O–H groups in total. The van der Waals surface area contributed by atoms with Crippen molar-refractivity contribution in [3.63, 3.8) is 0 Å². The van der Waals surface area contributed by atoms with Crippen molar-refractivity contribution in [2.24, 2.45) is 0 Å². The molecule has 1 aliphatic rings. The van der Waals surface area contributed by atoms with Crippen molar-refractivity contribution in [3.05, 3.63) is 35.9 Å². The minimum atomic E-state index is -3.68. The molecule has 5 nitrogen and oxygen atoms in total. The van der Waals surface area contributed by atoms with Gasteiger partial charge < -0.3 is 5.11 Å². The summed E-state index contributed by atoms with van der Waals surface area (Å²) in [5.41, 5.74) is -0.691. The van der Waals surface area contributed by atoms with E-state index in [2.05, 4.69) is 4.72 Å². The van der Waals surface area contributed by atoms with Crippen LogP contribution in [0, 0.1) is 0 Å². The van der Waals surface area contributed by atoms with Crippen LogP contribution in [0.2, 0.25) is 0 Å². The fourth-order valence-electron chi connectivity index (χ4n) is 2.82. The zero-order valence-electron chi connectivity index (χ0n) is 11.9. The third kappa shape index (κ3) is 4.28. The number of benzene rings is 1. The zero-order chi connectivity index (χ0) is 15.3. The van der Waals surface area contributed by atoms with Crippen molar-refractivity contribution in [1.82, 2.24) is 4.72 Å². The molecule has 6 heteroatoms. The summed E-state index contributed by atoms with van der Waals surface area (Å²) in [6.45, 7) is 0. The highest BCUT2D eigenvalue weighted by molar-refractivity contribution is 7.88. The van der Waals surface area contributed by atoms with Crippen LogP contribution >= 0.6 is 0 Å². The first-order chi connectivity index (χ1) is 9.94. The van der Waals surface area contributed by atoms with Crippen LogP contribution in [0.5, 0.6) is 0 Å². The number of carbonyl (C=O) groups is 1. The van der Waals surface area contributed by atoms with Gasteiger partial charge in [-0.25, -0.2) is 8.42 Å². The minimum absolute atomic E-state index is 0.192. The van der Waals surface area contributed by atoms with Crippen LogP contribution in [-0.2, 0) is 20.6 Å². The Kier molecular flexibility index (Phi) is 5.00. The lowest BCUT2D eigenvalue weighted by Gasteiger charge is -2.28. The molecule has 0 atom stereocenters. The minimum Gasteiger partial charge on any atom is -0.480 e. The quantitative estimate of drug-likeness (QED) is 0.817. The van der Waals surface area contributed by atoms with Gasteiger partial charge in [-0.3, -0.25) is 4.79 Å². The maximum Gasteiger partial charge on any atom is 0.324 e. The van der Waals surface area contributed by atoms with Crippen molar-refractivity contribution in [2.45, 2.75) is 49.8 Å². The van der Waals surface area contributed by atoms with Gasteiger partial charge in [-0.15, -0.1) is 0 Å². The summed E-state index contributed by atoms with van der Waals surface area (Å²) >= 11 is 0. The topological polar surface area (TPSA) is 83.5 Å². The molecule has 0 unspecified atom stereocenters. The Hall–Kier alpha value is -1.40. The molecule has 1 aromatic rings. The average molecular weight is 311 g/mol. The van der Waals surface area contributed by atoms with Crippen LogP contribution in [0.1, 0.15) is 44.1 Å². The van der Waals surface area contributed by atoms with Gasteiger partial charge in [0.1, 0.15) is 5.54 Å². The van der Waals surface area contributed by atoms with E-state index in [0.29, 0.717) is 18.4 Å². The Bertz CT molecular complexity index is 575. The number of carboxylic acid groups (broad SMARTS) is 1. The van der Waals surface area contributed by atoms with Gasteiger partial charge in [0.15, 0.2) is 0 Å². The van der Waals surface area contributed by atoms with Gasteiger partial charge in [-0.1, -0.05) is 56.0 Å². The summed E-state index contributed by atoms with van der Waals surface area (Å²) in [7, 11) is -3.68. The van der Waals surface area contributed by atoms with E-state index in [1.807, 2.05) is 6.07 Å². The van der Waals surface area contributed by atoms with Crippen LogP contribution in [0.3, 0.4) is 0 Å². The van der Waals surface area contributed by atoms with Crippen molar-refractivity contribution in [2.75, 3.05) is 0 Å². The molecule has 0 amide bonds. The van der Waals surface area contributed by atoms with Crippen molar-refractivity contribution in [3.8, 4) is 0 Å². The number of carboxylic acids is 1. The fraction of sp³-hybridized carbons (Fsp3) is 0.533. The van der Waals surface area contributed by atoms with E-state index in [-0.39, 0.29) is 5.75 Å². The van der Waals surface area contributed by atoms with Crippen molar-refractivity contribution >= 4 is 16.0 Å². The van der Waals surface area contributed by atoms with E-state index in [0.717, 1.165) is 25.7 Å². The third-order valence-electron chi connectivity index (χ3n) is 3.92. The first-order valence-electron chi connectivity index (χ1n) is 7.23. The summed E-state index contributed by atoms with van der Waals surface area (Å²) < 4.78 is 27.1. The lowest BCUT2D eigenvalue weighted by molar-refractivity contribution is -0.144. The molecule has 0 spiro atoms. The number of hydrogen-bond donors (Lipinski definition) is 2. The summed E-state index contributed by atoms with van der Waals surface area (Å²) in [4.78, 5) is 11.6. The van der Waals surface area contributed by atoms with E-state index >= 15 is 0 Å². The highest BCUT2D eigenvalue weighted by Crippen LogP contribution is 2.28. The van der Waals surface area contributed by atoms with Gasteiger partial charge in [0, 0.05) is 0 Å². The number of aliphatic carboxylic acids is 1. The first kappa shape index (κ1) is 16.0. The van der Waals surface area contributed by atoms with E-state index in [1.165, 1.54) is 0 Å². The molecular formula is C15H21NO4S. The smallest absolute Gasteiger partial charge is 0.324 e. The number of rotatable bonds is 5. The Morgan fingerprint density at radius 2 is 1.67 bits per heavy atom. The monoisotopic (exact) mass is 311 g/mol. The second-order valence-electron chi connectivity index (χ2n) is 5.65. The molecule has 1 fully saturated rings. The van der Waals surface area contributed by atoms with Gasteiger partial charge in [0.2, 0.25) is 10.0 Å². The van der Waals surface area contributed by atoms with Crippen LogP contribution < -0.4 is 4.72 Å². The Balaban J connectivity index is 2.17. The van der Waals surface area contributed by atoms with Crippen LogP contribution in [0.25, 0.3) is 0 Å². The van der Waals surface area contributed by atoms with Gasteiger partial charge >= 0.3 is 5.97 Å². The molecule has 1 aromatic carbocycles. The highest BCUT2D eigenvalue weighted by Gasteiger charge is 2.41. The molecule has 2 rings (SSSR count). The number of hydrogen-bond acceptors (Lipinski definition) is 3. The van der Waals surface area contributed by atoms with E-state index in [9.17, 15) is 18.3 Å². The predicted octanol–water partition coefficient (Wildman–Crippen LogP) is 2.28. The maximum atomic E-state index is 12.3. The highest BCUT2D eigenvalue weighted by atomic mass is 32.2. The van der Waals surface area contributed by atoms with E-state index in [4.69, 9.17) is 0 Å². The van der Waals surface area contributed by atoms with Crippen LogP contribution in [-0.4, -0.2) is 25.0 Å². The lowest BCUT2D eigenvalue weighted by atomic mass is 9.92. The third-order valence-corrected chi connectivity index (χ3v) is 5.33. The molecule has 116 valence electrons. The molecule has 0 aromatic heterocycles.